The van der Waals surface area contributed by atoms with E-state index in [0.717, 1.165) is 12.1 Å². The molecule has 2 heterocycles. The van der Waals surface area contributed by atoms with Gasteiger partial charge in [0.2, 0.25) is 0 Å². The van der Waals surface area contributed by atoms with Gasteiger partial charge in [-0.3, -0.25) is 19.6 Å². The predicted molar refractivity (Wildman–Crippen MR) is 78.5 cm³/mol. The van der Waals surface area contributed by atoms with Gasteiger partial charge in [0, 0.05) is 12.1 Å². The molecule has 0 aliphatic rings. The molecular weight excluding hydrogens is 434 g/mol. The molecule has 0 atom stereocenters. The van der Waals surface area contributed by atoms with Crippen LogP contribution in [0.2, 0.25) is 0 Å². The van der Waals surface area contributed by atoms with Crippen LogP contribution in [0.15, 0.2) is 31.3 Å². The molecule has 17 heteroatoms. The van der Waals surface area contributed by atoms with Crippen LogP contribution >= 0.6 is 0 Å². The average molecular weight is 448 g/mol. The molecule has 2 aromatic rings. The molecule has 0 unspecified atom stereocenters. The third-order valence-corrected chi connectivity index (χ3v) is 1.96. The van der Waals surface area contributed by atoms with Crippen LogP contribution in [-0.4, -0.2) is 53.8 Å². The smallest absolute Gasteiger partial charge is 0.543 e. The third kappa shape index (κ3) is 11.9. The number of carboxylic acid groups (broad SMARTS) is 2. The second-order valence-corrected chi connectivity index (χ2v) is 3.58. The summed E-state index contributed by atoms with van der Waals surface area (Å²) in [4.78, 5) is 69.2. The van der Waals surface area contributed by atoms with Crippen LogP contribution in [-0.2, 0) is 19.5 Å². The molecular formula is C10H14N4O12Zn. The fourth-order valence-electron chi connectivity index (χ4n) is 1.16. The third-order valence-electron chi connectivity index (χ3n) is 1.96. The summed E-state index contributed by atoms with van der Waals surface area (Å²) >= 11 is 0. The summed E-state index contributed by atoms with van der Waals surface area (Å²) in [6, 6.07) is 1.47. The van der Waals surface area contributed by atoms with Gasteiger partial charge in [0.15, 0.2) is 0 Å². The van der Waals surface area contributed by atoms with Crippen molar-refractivity contribution >= 4 is 11.9 Å². The molecule has 0 amide bonds. The minimum absolute atomic E-state index is 0. The molecule has 0 radical (unpaired) electrons. The topological polar surface area (TPSA) is 338 Å². The normalized spacial score (nSPS) is 7.70. The Morgan fingerprint density at radius 2 is 0.889 bits per heavy atom. The van der Waals surface area contributed by atoms with Gasteiger partial charge in [-0.1, -0.05) is 0 Å². The van der Waals surface area contributed by atoms with Crippen molar-refractivity contribution in [2.24, 2.45) is 0 Å². The van der Waals surface area contributed by atoms with Crippen molar-refractivity contribution in [3.63, 3.8) is 0 Å². The number of hydrogen-bond acceptors (Lipinski definition) is 8. The standard InChI is InChI=1S/2C5H4N2O4.4H2O.Zn/c2*8-3-1-2(4(9)10)6-5(11)7-3;;;;;/h2*1H,(H,9,10)(H2,6,7,8,11);4*1H2;/q;;;;;;+2/p-2. The molecule has 2 rings (SSSR count). The number of hydrogen-bond donors (Lipinski definition) is 4. The zero-order valence-corrected chi connectivity index (χ0v) is 16.1. The Bertz CT molecular complexity index is 808. The second-order valence-electron chi connectivity index (χ2n) is 3.58. The minimum atomic E-state index is -1.59. The van der Waals surface area contributed by atoms with Gasteiger partial charge in [-0.25, -0.2) is 9.59 Å². The molecule has 0 spiro atoms. The number of aromatic carboxylic acids is 2. The summed E-state index contributed by atoms with van der Waals surface area (Å²) in [5, 5.41) is 20.1. The molecule has 0 aliphatic heterocycles. The number of H-pyrrole nitrogens is 4. The average Bonchev–Trinajstić information content (AvgIpc) is 2.37. The molecule has 12 N–H and O–H groups in total. The predicted octanol–water partition coefficient (Wildman–Crippen LogP) is -8.45. The van der Waals surface area contributed by atoms with E-state index in [9.17, 15) is 39.0 Å². The van der Waals surface area contributed by atoms with Gasteiger partial charge in [-0.2, -0.15) is 0 Å². The Morgan fingerprint density at radius 1 is 0.630 bits per heavy atom. The number of carboxylic acids is 2. The van der Waals surface area contributed by atoms with Crippen molar-refractivity contribution < 1.29 is 61.2 Å². The van der Waals surface area contributed by atoms with Crippen molar-refractivity contribution in [3.8, 4) is 0 Å². The van der Waals surface area contributed by atoms with E-state index in [1.54, 1.807) is 0 Å². The number of aromatic nitrogens is 4. The van der Waals surface area contributed by atoms with E-state index in [-0.39, 0.29) is 41.4 Å². The first kappa shape index (κ1) is 35.0. The summed E-state index contributed by atoms with van der Waals surface area (Å²) in [7, 11) is 0. The molecule has 0 saturated heterocycles. The number of carbonyl (C=O) groups excluding carboxylic acids is 2. The van der Waals surface area contributed by atoms with Gasteiger partial charge in [-0.15, -0.1) is 0 Å². The quantitative estimate of drug-likeness (QED) is 0.319. The summed E-state index contributed by atoms with van der Waals surface area (Å²) in [5.74, 6) is -3.18. The van der Waals surface area contributed by atoms with Crippen molar-refractivity contribution in [3.05, 3.63) is 65.2 Å². The van der Waals surface area contributed by atoms with Crippen LogP contribution in [0.5, 0.6) is 0 Å². The largest absolute Gasteiger partial charge is 2.00 e. The zero-order chi connectivity index (χ0) is 16.9. The maximum Gasteiger partial charge on any atom is 2.00 e. The number of carbonyl (C=O) groups is 2. The fraction of sp³-hybridized carbons (Fsp3) is 0. The maximum atomic E-state index is 10.4. The van der Waals surface area contributed by atoms with Gasteiger partial charge in [0.25, 0.3) is 11.1 Å². The van der Waals surface area contributed by atoms with Crippen molar-refractivity contribution in [1.82, 2.24) is 19.9 Å². The molecule has 0 saturated carbocycles. The summed E-state index contributed by atoms with van der Waals surface area (Å²) in [6.07, 6.45) is 0. The van der Waals surface area contributed by atoms with E-state index in [1.165, 1.54) is 0 Å². The van der Waals surface area contributed by atoms with Crippen LogP contribution in [0.4, 0.5) is 0 Å². The number of aromatic amines is 4. The van der Waals surface area contributed by atoms with E-state index in [0.29, 0.717) is 0 Å². The second kappa shape index (κ2) is 15.1. The van der Waals surface area contributed by atoms with Gasteiger partial charge in [0.1, 0.15) is 0 Å². The molecule has 148 valence electrons. The molecule has 2 aromatic heterocycles. The Balaban J connectivity index is -0.000000101. The van der Waals surface area contributed by atoms with Crippen LogP contribution in [0.3, 0.4) is 0 Å². The molecule has 0 aliphatic carbocycles. The van der Waals surface area contributed by atoms with E-state index in [1.807, 2.05) is 19.9 Å². The van der Waals surface area contributed by atoms with Gasteiger partial charge in [-0.05, 0) is 0 Å². The fourth-order valence-corrected chi connectivity index (χ4v) is 1.16. The first-order valence-electron chi connectivity index (χ1n) is 5.29. The minimum Gasteiger partial charge on any atom is -0.543 e. The van der Waals surface area contributed by atoms with E-state index >= 15 is 0 Å². The number of nitrogens with one attached hydrogen (secondary N) is 4. The van der Waals surface area contributed by atoms with Gasteiger partial charge in [0.05, 0.1) is 23.3 Å². The van der Waals surface area contributed by atoms with Crippen molar-refractivity contribution in [2.45, 2.75) is 0 Å². The van der Waals surface area contributed by atoms with Crippen molar-refractivity contribution in [1.29, 1.82) is 0 Å². The first-order chi connectivity index (χ1) is 10.2. The molecule has 16 nitrogen and oxygen atoms in total. The Kier molecular flexibility index (Phi) is 19.5. The zero-order valence-electron chi connectivity index (χ0n) is 13.1. The van der Waals surface area contributed by atoms with Gasteiger partial charge >= 0.3 is 30.9 Å². The summed E-state index contributed by atoms with van der Waals surface area (Å²) < 4.78 is 0. The SMILES string of the molecule is O.O.O.O.O=C([O-])c1cc(=O)[nH]c(=O)[nH]1.O=C([O-])c1cc(=O)[nH]c(=O)[nH]1.[Zn+2]. The molecule has 0 fully saturated rings. The molecule has 0 bridgehead atoms. The van der Waals surface area contributed by atoms with E-state index in [2.05, 4.69) is 0 Å². The Morgan fingerprint density at radius 3 is 1.07 bits per heavy atom. The number of rotatable bonds is 2. The molecule has 0 aromatic carbocycles. The van der Waals surface area contributed by atoms with E-state index < -0.39 is 45.8 Å². The van der Waals surface area contributed by atoms with E-state index in [4.69, 9.17) is 0 Å². The van der Waals surface area contributed by atoms with Gasteiger partial charge < -0.3 is 51.7 Å². The maximum absolute atomic E-state index is 10.4. The van der Waals surface area contributed by atoms with Crippen LogP contribution < -0.4 is 32.7 Å². The summed E-state index contributed by atoms with van der Waals surface area (Å²) in [6.45, 7) is 0. The Labute approximate surface area is 158 Å². The Hall–Kier alpha value is -3.24. The molecule has 27 heavy (non-hydrogen) atoms. The van der Waals surface area contributed by atoms with Crippen LogP contribution in [0, 0.1) is 0 Å². The first-order valence-corrected chi connectivity index (χ1v) is 5.29. The van der Waals surface area contributed by atoms with Crippen LogP contribution in [0.1, 0.15) is 21.0 Å². The monoisotopic (exact) mass is 446 g/mol. The van der Waals surface area contributed by atoms with Crippen molar-refractivity contribution in [2.75, 3.05) is 0 Å². The summed E-state index contributed by atoms with van der Waals surface area (Å²) in [5.41, 5.74) is -4.33. The van der Waals surface area contributed by atoms with Crippen LogP contribution in [0.25, 0.3) is 0 Å².